The zero-order chi connectivity index (χ0) is 81.1. The van der Waals surface area contributed by atoms with Crippen LogP contribution < -0.4 is 5.32 Å². The number of para-hydroxylation sites is 2. The summed E-state index contributed by atoms with van der Waals surface area (Å²) < 4.78 is 3.95. The van der Waals surface area contributed by atoms with Gasteiger partial charge in [-0.2, -0.15) is 183 Å². The summed E-state index contributed by atoms with van der Waals surface area (Å²) in [4.78, 5) is 0. The first-order valence-electron chi connectivity index (χ1n) is 38.8. The fourth-order valence-electron chi connectivity index (χ4n) is 11.9. The minimum absolute atomic E-state index is 0. The molecule has 0 radical (unpaired) electrons. The smallest absolute Gasteiger partial charge is 0.673 e. The van der Waals surface area contributed by atoms with E-state index in [1.165, 1.54) is 39.1 Å². The molecule has 8 heteroatoms. The quantitative estimate of drug-likeness (QED) is 0.0872. The van der Waals surface area contributed by atoms with Crippen molar-refractivity contribution in [1.29, 1.82) is 0 Å². The second kappa shape index (κ2) is 52.2. The molecule has 2 aromatic heterocycles. The number of benzene rings is 13. The van der Waals surface area contributed by atoms with Gasteiger partial charge < -0.3 is 10.6 Å². The van der Waals surface area contributed by atoms with Gasteiger partial charge in [-0.15, -0.1) is 90.6 Å². The average molecular weight is 1840 g/mol. The summed E-state index contributed by atoms with van der Waals surface area (Å²) in [5, 5.41) is 19.2. The molecule has 2 unspecified atom stereocenters. The van der Waals surface area contributed by atoms with Gasteiger partial charge in [0.2, 0.25) is 0 Å². The molecule has 2 heterocycles. The second-order valence-electron chi connectivity index (χ2n) is 28.4. The zero-order valence-electron chi connectivity index (χ0n) is 69.0. The van der Waals surface area contributed by atoms with Crippen molar-refractivity contribution >= 4 is 11.4 Å². The third kappa shape index (κ3) is 33.4. The number of aryl methyl sites for hydroxylation is 2. The van der Waals surface area contributed by atoms with Crippen molar-refractivity contribution < 1.29 is 51.7 Å². The molecule has 6 nitrogen and oxygen atoms in total. The predicted molar refractivity (Wildman–Crippen MR) is 486 cm³/mol. The van der Waals surface area contributed by atoms with Crippen LogP contribution in [0.2, 0.25) is 0 Å². The van der Waals surface area contributed by atoms with Crippen molar-refractivity contribution in [1.82, 2.24) is 19.6 Å². The number of hydrogen-bond donors (Lipinski definition) is 1. The molecule has 0 saturated carbocycles. The molecular formula is C107H114Hf2N6-4. The molecule has 0 fully saturated rings. The molecule has 0 aliphatic heterocycles. The molecule has 584 valence electrons. The molecule has 0 amide bonds. The number of aromatic nitrogens is 4. The van der Waals surface area contributed by atoms with Gasteiger partial charge in [0.1, 0.15) is 0 Å². The van der Waals surface area contributed by atoms with Crippen LogP contribution in [0.3, 0.4) is 0 Å². The normalized spacial score (nSPS) is 10.5. The van der Waals surface area contributed by atoms with Crippen LogP contribution in [0, 0.1) is 48.5 Å². The summed E-state index contributed by atoms with van der Waals surface area (Å²) in [5.41, 5.74) is 24.0. The first-order chi connectivity index (χ1) is 54.7. The molecule has 2 atom stereocenters. The number of nitrogens with zero attached hydrogens (tertiary/aromatic N) is 5. The standard InChI is InChI=1S/C29H33N3.C29H32N3.7C7H7.2Hf/c2*1-20(2)24-17-12-18-25(21(3)4)29(24)30-28(23-15-10-7-11-16-23)26-19-27(32(5)31-26)22-13-8-6-9-14-22;7*1-7-5-3-2-4-6-7;;/h6-21,28,30H,1-5H3;6-21,28H,1-5H3;7*2-6H,1H2;;/q;8*-1;;+4. The third-order valence-electron chi connectivity index (χ3n) is 17.9. The van der Waals surface area contributed by atoms with E-state index in [0.717, 1.165) is 78.5 Å². The van der Waals surface area contributed by atoms with Crippen molar-refractivity contribution in [2.24, 2.45) is 14.1 Å². The minimum Gasteiger partial charge on any atom is -0.673 e. The van der Waals surface area contributed by atoms with Crippen molar-refractivity contribution in [2.45, 2.75) is 91.1 Å². The Morgan fingerprint density at radius 2 is 0.504 bits per heavy atom. The van der Waals surface area contributed by atoms with Crippen molar-refractivity contribution in [3.8, 4) is 22.5 Å². The minimum atomic E-state index is -0.169. The Morgan fingerprint density at radius 3 is 0.757 bits per heavy atom. The van der Waals surface area contributed by atoms with Crippen LogP contribution in [0.4, 0.5) is 11.4 Å². The number of nitrogens with one attached hydrogen (secondary N) is 1. The van der Waals surface area contributed by atoms with E-state index >= 15 is 0 Å². The predicted octanol–water partition coefficient (Wildman–Crippen LogP) is 28.7. The van der Waals surface area contributed by atoms with E-state index in [0.29, 0.717) is 23.7 Å². The Balaban J connectivity index is 0.000000257. The van der Waals surface area contributed by atoms with Crippen LogP contribution >= 0.6 is 0 Å². The van der Waals surface area contributed by atoms with Crippen LogP contribution in [-0.4, -0.2) is 19.6 Å². The van der Waals surface area contributed by atoms with Crippen LogP contribution in [0.25, 0.3) is 27.8 Å². The third-order valence-corrected chi connectivity index (χ3v) is 17.9. The monoisotopic (exact) mass is 1840 g/mol. The van der Waals surface area contributed by atoms with Crippen molar-refractivity contribution in [3.63, 3.8) is 0 Å². The Morgan fingerprint density at radius 1 is 0.278 bits per heavy atom. The number of rotatable bonds is 14. The van der Waals surface area contributed by atoms with Gasteiger partial charge in [0.05, 0.1) is 28.8 Å². The molecule has 13 aromatic carbocycles. The van der Waals surface area contributed by atoms with Gasteiger partial charge in [-0.05, 0) is 69.7 Å². The van der Waals surface area contributed by atoms with Crippen LogP contribution in [0.1, 0.15) is 175 Å². The topological polar surface area (TPSA) is 61.8 Å². The second-order valence-corrected chi connectivity index (χ2v) is 28.4. The van der Waals surface area contributed by atoms with Gasteiger partial charge >= 0.3 is 25.8 Å². The molecular weight excluding hydrogens is 1730 g/mol. The van der Waals surface area contributed by atoms with E-state index < -0.39 is 0 Å². The van der Waals surface area contributed by atoms with Gasteiger partial charge in [0.25, 0.3) is 0 Å². The Hall–Kier alpha value is -11.3. The van der Waals surface area contributed by atoms with E-state index in [9.17, 15) is 0 Å². The Kier molecular flexibility index (Phi) is 42.8. The summed E-state index contributed by atoms with van der Waals surface area (Å²) >= 11 is 0. The van der Waals surface area contributed by atoms with Gasteiger partial charge in [-0.3, -0.25) is 9.36 Å². The number of hydrogen-bond acceptors (Lipinski definition) is 3. The molecule has 115 heavy (non-hydrogen) atoms. The maximum atomic E-state index is 5.41. The van der Waals surface area contributed by atoms with E-state index in [2.05, 4.69) is 267 Å². The van der Waals surface area contributed by atoms with E-state index in [1.54, 1.807) is 0 Å². The maximum Gasteiger partial charge on any atom is 4.00 e. The summed E-state index contributed by atoms with van der Waals surface area (Å²) in [6.45, 7) is 44.0. The molecule has 1 N–H and O–H groups in total. The van der Waals surface area contributed by atoms with Gasteiger partial charge in [0.15, 0.2) is 0 Å². The summed E-state index contributed by atoms with van der Waals surface area (Å²) in [7, 11) is 4.03. The first kappa shape index (κ1) is 94.3. The molecule has 0 aliphatic rings. The van der Waals surface area contributed by atoms with E-state index in [4.69, 9.17) is 15.5 Å². The van der Waals surface area contributed by atoms with Gasteiger partial charge in [0, 0.05) is 45.6 Å². The molecule has 15 aromatic rings. The summed E-state index contributed by atoms with van der Waals surface area (Å²) in [6, 6.07) is 129. The summed E-state index contributed by atoms with van der Waals surface area (Å²) in [6.07, 6.45) is 0. The van der Waals surface area contributed by atoms with Crippen molar-refractivity contribution in [2.75, 3.05) is 5.32 Å². The Bertz CT molecular complexity index is 4370. The average Bonchev–Trinajstić information content (AvgIpc) is 1.67. The zero-order valence-corrected chi connectivity index (χ0v) is 76.2. The van der Waals surface area contributed by atoms with E-state index in [-0.39, 0.29) is 63.8 Å². The van der Waals surface area contributed by atoms with Crippen molar-refractivity contribution in [3.05, 3.63) is 520 Å². The van der Waals surface area contributed by atoms with Gasteiger partial charge in [-0.1, -0.05) is 272 Å². The Labute approximate surface area is 729 Å². The maximum absolute atomic E-state index is 5.41. The van der Waals surface area contributed by atoms with Crippen LogP contribution in [0.15, 0.2) is 382 Å². The molecule has 0 spiro atoms. The summed E-state index contributed by atoms with van der Waals surface area (Å²) in [5.74, 6) is 1.65. The van der Waals surface area contributed by atoms with Gasteiger partial charge in [-0.25, -0.2) is 0 Å². The SMILES string of the molecule is CC(C)c1cccc(C(C)C)c1NC(c1ccccc1)c1cc(-c2ccccc2)n(C)n1.CC(C)c1cccc(C(C)C)c1[N-]C(c1ccccc1)c1cc(-c2ccccc2)n(C)n1.[CH2-]c1ccccc1.[CH2-]c1ccccc1.[CH2-]c1ccccc1.[CH2-]c1ccccc1.[CH2-]c1ccccc1.[CH2-]c1ccccc1.[CH2-]c1ccccc1.[Hf+4].[Hf]. The molecule has 15 rings (SSSR count). The fourth-order valence-corrected chi connectivity index (χ4v) is 11.9. The molecule has 0 bridgehead atoms. The van der Waals surface area contributed by atoms with Crippen LogP contribution in [-0.2, 0) is 65.8 Å². The van der Waals surface area contributed by atoms with E-state index in [1.807, 2.05) is 248 Å². The molecule has 0 saturated heterocycles. The number of anilines is 1. The first-order valence-corrected chi connectivity index (χ1v) is 38.8. The van der Waals surface area contributed by atoms with Crippen LogP contribution in [0.5, 0.6) is 0 Å². The fraction of sp³-hybridized carbons (Fsp3) is 0.150. The molecule has 0 aliphatic carbocycles. The largest absolute Gasteiger partial charge is 4.00 e.